The molecular formula is C17H28N2O4. The van der Waals surface area contributed by atoms with Gasteiger partial charge in [0, 0.05) is 19.8 Å². The predicted octanol–water partition coefficient (Wildman–Crippen LogP) is 2.80. The van der Waals surface area contributed by atoms with Gasteiger partial charge in [-0.1, -0.05) is 13.8 Å². The molecule has 0 aliphatic heterocycles. The minimum atomic E-state index is -0.865. The lowest BCUT2D eigenvalue weighted by atomic mass is 9.93. The van der Waals surface area contributed by atoms with Gasteiger partial charge in [-0.05, 0) is 32.3 Å². The lowest BCUT2D eigenvalue weighted by molar-refractivity contribution is -0.137. The summed E-state index contributed by atoms with van der Waals surface area (Å²) in [4.78, 5) is 16.7. The van der Waals surface area contributed by atoms with E-state index in [1.54, 1.807) is 27.3 Å². The summed E-state index contributed by atoms with van der Waals surface area (Å²) in [6, 6.07) is 1.83. The number of aryl methyl sites for hydroxylation is 1. The molecule has 1 amide bonds. The van der Waals surface area contributed by atoms with Crippen LogP contribution >= 0.6 is 0 Å². The van der Waals surface area contributed by atoms with Crippen LogP contribution in [0.5, 0.6) is 5.88 Å². The molecule has 6 nitrogen and oxygen atoms in total. The first kappa shape index (κ1) is 19.4. The van der Waals surface area contributed by atoms with Crippen LogP contribution in [-0.4, -0.2) is 43.9 Å². The van der Waals surface area contributed by atoms with E-state index in [0.29, 0.717) is 37.1 Å². The van der Waals surface area contributed by atoms with E-state index in [2.05, 4.69) is 24.1 Å². The van der Waals surface area contributed by atoms with Crippen LogP contribution in [0.15, 0.2) is 12.3 Å². The number of nitrogens with zero attached hydrogens (tertiary/aromatic N) is 1. The molecule has 0 bridgehead atoms. The number of amides is 1. The van der Waals surface area contributed by atoms with E-state index in [1.165, 1.54) is 0 Å². The molecule has 0 saturated carbocycles. The van der Waals surface area contributed by atoms with Crippen LogP contribution in [0.25, 0.3) is 0 Å². The molecule has 0 radical (unpaired) electrons. The average molecular weight is 324 g/mol. The second-order valence-corrected chi connectivity index (χ2v) is 6.17. The van der Waals surface area contributed by atoms with Crippen molar-refractivity contribution in [3.63, 3.8) is 0 Å². The van der Waals surface area contributed by atoms with Crippen LogP contribution in [0.1, 0.15) is 32.8 Å². The summed E-state index contributed by atoms with van der Waals surface area (Å²) in [7, 11) is 3.17. The molecule has 0 spiro atoms. The molecule has 1 aromatic rings. The van der Waals surface area contributed by atoms with Crippen molar-refractivity contribution in [2.45, 2.75) is 39.7 Å². The number of carbonyl (C=O) groups is 1. The Bertz CT molecular complexity index is 519. The van der Waals surface area contributed by atoms with E-state index >= 15 is 0 Å². The highest BCUT2D eigenvalue weighted by Crippen LogP contribution is 2.24. The van der Waals surface area contributed by atoms with E-state index in [1.807, 2.05) is 13.0 Å². The zero-order valence-corrected chi connectivity index (χ0v) is 14.9. The van der Waals surface area contributed by atoms with E-state index in [4.69, 9.17) is 14.2 Å². The number of methoxy groups -OCH3 is 2. The first-order valence-electron chi connectivity index (χ1n) is 7.77. The number of ether oxygens (including phenoxy) is 3. The summed E-state index contributed by atoms with van der Waals surface area (Å²) < 4.78 is 15.9. The maximum Gasteiger partial charge on any atom is 0.256 e. The van der Waals surface area contributed by atoms with Crippen LogP contribution in [-0.2, 0) is 14.3 Å². The van der Waals surface area contributed by atoms with E-state index in [9.17, 15) is 4.79 Å². The van der Waals surface area contributed by atoms with Gasteiger partial charge in [0.2, 0.25) is 5.88 Å². The van der Waals surface area contributed by atoms with Crippen molar-refractivity contribution in [2.75, 3.05) is 32.8 Å². The smallest absolute Gasteiger partial charge is 0.256 e. The third-order valence-electron chi connectivity index (χ3n) is 3.54. The average Bonchev–Trinajstić information content (AvgIpc) is 2.48. The maximum atomic E-state index is 12.5. The molecule has 1 atom stereocenters. The third-order valence-corrected chi connectivity index (χ3v) is 3.54. The van der Waals surface area contributed by atoms with Gasteiger partial charge >= 0.3 is 0 Å². The molecule has 0 fully saturated rings. The fourth-order valence-electron chi connectivity index (χ4n) is 2.31. The Morgan fingerprint density at radius 1 is 1.35 bits per heavy atom. The van der Waals surface area contributed by atoms with Gasteiger partial charge in [-0.15, -0.1) is 0 Å². The van der Waals surface area contributed by atoms with Gasteiger partial charge in [0.15, 0.2) is 0 Å². The minimum Gasteiger partial charge on any atom is -0.475 e. The molecule has 0 aliphatic carbocycles. The predicted molar refractivity (Wildman–Crippen MR) is 89.8 cm³/mol. The number of rotatable bonds is 9. The van der Waals surface area contributed by atoms with Crippen LogP contribution in [0, 0.1) is 12.8 Å². The highest BCUT2D eigenvalue weighted by molar-refractivity contribution is 5.97. The Hall–Kier alpha value is -1.66. The summed E-state index contributed by atoms with van der Waals surface area (Å²) in [5.74, 6) is 0.710. The maximum absolute atomic E-state index is 12.5. The third kappa shape index (κ3) is 5.80. The highest BCUT2D eigenvalue weighted by atomic mass is 16.5. The molecule has 1 N–H and O–H groups in total. The molecule has 1 rings (SSSR count). The second kappa shape index (κ2) is 8.84. The normalized spacial score (nSPS) is 13.7. The molecule has 0 unspecified atom stereocenters. The van der Waals surface area contributed by atoms with Gasteiger partial charge in [0.25, 0.3) is 5.91 Å². The molecule has 130 valence electrons. The number of carbonyl (C=O) groups excluding carboxylic acids is 1. The fraction of sp³-hybridized carbons (Fsp3) is 0.647. The van der Waals surface area contributed by atoms with Crippen LogP contribution in [0.2, 0.25) is 0 Å². The van der Waals surface area contributed by atoms with E-state index in [0.717, 1.165) is 5.56 Å². The van der Waals surface area contributed by atoms with Crippen molar-refractivity contribution in [1.82, 2.24) is 4.98 Å². The topological polar surface area (TPSA) is 69.7 Å². The van der Waals surface area contributed by atoms with E-state index in [-0.39, 0.29) is 5.91 Å². The lowest BCUT2D eigenvalue weighted by Crippen LogP contribution is -2.43. The van der Waals surface area contributed by atoms with Gasteiger partial charge in [-0.3, -0.25) is 4.79 Å². The number of nitrogens with one attached hydrogen (secondary N) is 1. The lowest BCUT2D eigenvalue weighted by Gasteiger charge is -2.28. The molecule has 0 aromatic carbocycles. The summed E-state index contributed by atoms with van der Waals surface area (Å²) >= 11 is 0. The molecule has 0 aliphatic rings. The number of hydrogen-bond acceptors (Lipinski definition) is 5. The number of pyridine rings is 1. The van der Waals surface area contributed by atoms with Gasteiger partial charge in [0.05, 0.1) is 18.5 Å². The quantitative estimate of drug-likeness (QED) is 0.707. The Morgan fingerprint density at radius 3 is 2.57 bits per heavy atom. The van der Waals surface area contributed by atoms with Gasteiger partial charge in [-0.25, -0.2) is 4.98 Å². The van der Waals surface area contributed by atoms with Crippen molar-refractivity contribution in [1.29, 1.82) is 0 Å². The molecule has 1 aromatic heterocycles. The Morgan fingerprint density at radius 2 is 2.04 bits per heavy atom. The summed E-state index contributed by atoms with van der Waals surface area (Å²) in [6.45, 7) is 8.73. The van der Waals surface area contributed by atoms with Crippen molar-refractivity contribution < 1.29 is 19.0 Å². The van der Waals surface area contributed by atoms with Crippen molar-refractivity contribution in [2.24, 2.45) is 5.92 Å². The van der Waals surface area contributed by atoms with Crippen molar-refractivity contribution >= 4 is 11.6 Å². The largest absolute Gasteiger partial charge is 0.475 e. The summed E-state index contributed by atoms with van der Waals surface area (Å²) in [5.41, 5.74) is 0.607. The number of hydrogen-bond donors (Lipinski definition) is 1. The molecule has 1 heterocycles. The minimum absolute atomic E-state index is 0.178. The standard InChI is InChI=1S/C17H28N2O4/c1-12(2)10-17(4,22-6)16(20)19-14-9-13(3)15(18-11-14)23-8-7-21-5/h9,11-12H,7-8,10H2,1-6H3,(H,19,20)/t17-/m0/s1. The Labute approximate surface area is 138 Å². The SMILES string of the molecule is COCCOc1ncc(NC(=O)[C@](C)(CC(C)C)OC)cc1C. The zero-order chi connectivity index (χ0) is 17.5. The Balaban J connectivity index is 2.76. The Kier molecular flexibility index (Phi) is 7.45. The van der Waals surface area contributed by atoms with Crippen LogP contribution in [0.3, 0.4) is 0 Å². The van der Waals surface area contributed by atoms with E-state index < -0.39 is 5.60 Å². The van der Waals surface area contributed by atoms with Gasteiger partial charge in [0.1, 0.15) is 12.2 Å². The number of aromatic nitrogens is 1. The summed E-state index contributed by atoms with van der Waals surface area (Å²) in [6.07, 6.45) is 2.22. The highest BCUT2D eigenvalue weighted by Gasteiger charge is 2.34. The van der Waals surface area contributed by atoms with Gasteiger partial charge in [-0.2, -0.15) is 0 Å². The first-order chi connectivity index (χ1) is 10.8. The monoisotopic (exact) mass is 324 g/mol. The second-order valence-electron chi connectivity index (χ2n) is 6.17. The fourth-order valence-corrected chi connectivity index (χ4v) is 2.31. The molecular weight excluding hydrogens is 296 g/mol. The van der Waals surface area contributed by atoms with Crippen LogP contribution in [0.4, 0.5) is 5.69 Å². The molecule has 23 heavy (non-hydrogen) atoms. The zero-order valence-electron chi connectivity index (χ0n) is 14.9. The first-order valence-corrected chi connectivity index (χ1v) is 7.77. The number of anilines is 1. The molecule has 0 saturated heterocycles. The van der Waals surface area contributed by atoms with Crippen molar-refractivity contribution in [3.8, 4) is 5.88 Å². The molecule has 6 heteroatoms. The summed E-state index contributed by atoms with van der Waals surface area (Å²) in [5, 5.41) is 2.87. The van der Waals surface area contributed by atoms with Gasteiger partial charge < -0.3 is 19.5 Å². The van der Waals surface area contributed by atoms with Crippen molar-refractivity contribution in [3.05, 3.63) is 17.8 Å². The van der Waals surface area contributed by atoms with Crippen LogP contribution < -0.4 is 10.1 Å².